The predicted octanol–water partition coefficient (Wildman–Crippen LogP) is 1.24. The molecule has 0 aromatic heterocycles. The average molecular weight is 181 g/mol. The summed E-state index contributed by atoms with van der Waals surface area (Å²) in [7, 11) is 1.44. The Bertz CT molecular complexity index is 192. The predicted molar refractivity (Wildman–Crippen MR) is 41.2 cm³/mol. The molecular weight excluding hydrogens is 175 g/mol. The summed E-state index contributed by atoms with van der Waals surface area (Å²) in [4.78, 5) is 3.78. The van der Waals surface area contributed by atoms with Gasteiger partial charge in [0.25, 0.3) is 0 Å². The Morgan fingerprint density at radius 2 is 2.50 bits per heavy atom. The highest BCUT2D eigenvalue weighted by Gasteiger charge is 2.26. The van der Waals surface area contributed by atoms with Crippen LogP contribution in [0.4, 0.5) is 0 Å². The Hall–Kier alpha value is -0.250. The lowest BCUT2D eigenvalue weighted by molar-refractivity contribution is 0.0523. The number of hydrogen-bond donors (Lipinski definition) is 1. The van der Waals surface area contributed by atoms with Crippen LogP contribution in [0, 0.1) is 0 Å². The van der Waals surface area contributed by atoms with E-state index in [1.165, 1.54) is 13.3 Å². The molecule has 0 fully saturated rings. The van der Waals surface area contributed by atoms with Gasteiger partial charge in [0.15, 0.2) is 0 Å². The van der Waals surface area contributed by atoms with Crippen LogP contribution < -0.4 is 5.32 Å². The maximum atomic E-state index is 5.70. The number of aliphatic imine (C=N–C) groups is 1. The van der Waals surface area contributed by atoms with Crippen molar-refractivity contribution in [2.24, 2.45) is 4.99 Å². The van der Waals surface area contributed by atoms with E-state index in [2.05, 4.69) is 10.3 Å². The first-order valence-corrected chi connectivity index (χ1v) is 3.35. The Labute approximate surface area is 68.7 Å². The van der Waals surface area contributed by atoms with E-state index in [0.29, 0.717) is 5.16 Å². The Balaban J connectivity index is 2.71. The number of alkyl halides is 1. The smallest absolute Gasteiger partial charge is 0.320 e. The van der Waals surface area contributed by atoms with E-state index < -0.39 is 5.31 Å². The van der Waals surface area contributed by atoms with Crippen molar-refractivity contribution in [2.45, 2.75) is 5.31 Å². The molecule has 0 amide bonds. The topological polar surface area (TPSA) is 33.6 Å². The second kappa shape index (κ2) is 2.78. The van der Waals surface area contributed by atoms with Crippen LogP contribution in [0.25, 0.3) is 0 Å². The summed E-state index contributed by atoms with van der Waals surface area (Å²) in [5, 5.41) is 1.81. The Morgan fingerprint density at radius 1 is 1.80 bits per heavy atom. The van der Waals surface area contributed by atoms with Crippen molar-refractivity contribution in [1.82, 2.24) is 5.32 Å². The average Bonchev–Trinajstić information content (AvgIpc) is 1.88. The number of halogens is 2. The van der Waals surface area contributed by atoms with Gasteiger partial charge in [0, 0.05) is 13.3 Å². The lowest BCUT2D eigenvalue weighted by atomic mass is 10.6. The normalized spacial score (nSPS) is 31.3. The third-order valence-electron chi connectivity index (χ3n) is 1.01. The summed E-state index contributed by atoms with van der Waals surface area (Å²) in [5.41, 5.74) is 0. The van der Waals surface area contributed by atoms with E-state index in [9.17, 15) is 0 Å². The standard InChI is InChI=1S/C5H6Cl2N2O/c1-10-5(7)8-3-2-4(6)9-5/h2-3,9H,1H3. The highest BCUT2D eigenvalue weighted by Crippen LogP contribution is 2.19. The van der Waals surface area contributed by atoms with E-state index in [-0.39, 0.29) is 0 Å². The third-order valence-corrected chi connectivity index (χ3v) is 1.57. The minimum atomic E-state index is -1.22. The van der Waals surface area contributed by atoms with E-state index in [1.807, 2.05) is 0 Å². The van der Waals surface area contributed by atoms with Crippen LogP contribution in [0.2, 0.25) is 0 Å². The van der Waals surface area contributed by atoms with Crippen LogP contribution in [-0.4, -0.2) is 18.6 Å². The molecule has 1 unspecified atom stereocenters. The van der Waals surface area contributed by atoms with Crippen LogP contribution in [0.15, 0.2) is 16.2 Å². The first-order valence-electron chi connectivity index (χ1n) is 2.59. The fourth-order valence-corrected chi connectivity index (χ4v) is 0.914. The molecule has 56 valence electrons. The number of allylic oxidation sites excluding steroid dienone is 1. The minimum absolute atomic E-state index is 0.409. The lowest BCUT2D eigenvalue weighted by Gasteiger charge is -2.24. The molecule has 0 saturated heterocycles. The summed E-state index contributed by atoms with van der Waals surface area (Å²) < 4.78 is 4.78. The highest BCUT2D eigenvalue weighted by atomic mass is 35.5. The van der Waals surface area contributed by atoms with Gasteiger partial charge >= 0.3 is 5.31 Å². The molecule has 0 bridgehead atoms. The van der Waals surface area contributed by atoms with Crippen molar-refractivity contribution in [3.05, 3.63) is 11.2 Å². The molecule has 0 aromatic carbocycles. The monoisotopic (exact) mass is 180 g/mol. The van der Waals surface area contributed by atoms with Gasteiger partial charge in [0.1, 0.15) is 5.16 Å². The number of nitrogens with one attached hydrogen (secondary N) is 1. The van der Waals surface area contributed by atoms with Crippen molar-refractivity contribution < 1.29 is 4.74 Å². The van der Waals surface area contributed by atoms with Crippen LogP contribution in [0.1, 0.15) is 0 Å². The molecule has 0 aliphatic carbocycles. The maximum absolute atomic E-state index is 5.70. The van der Waals surface area contributed by atoms with Crippen molar-refractivity contribution in [3.8, 4) is 0 Å². The van der Waals surface area contributed by atoms with E-state index in [1.54, 1.807) is 6.08 Å². The van der Waals surface area contributed by atoms with Gasteiger partial charge in [0.05, 0.1) is 0 Å². The molecule has 0 radical (unpaired) electrons. The van der Waals surface area contributed by atoms with Gasteiger partial charge in [-0.25, -0.2) is 4.99 Å². The Morgan fingerprint density at radius 3 is 2.90 bits per heavy atom. The fourth-order valence-electron chi connectivity index (χ4n) is 0.524. The number of rotatable bonds is 1. The first kappa shape index (κ1) is 7.85. The SMILES string of the molecule is COC1(Cl)N=CC=C(Cl)N1. The largest absolute Gasteiger partial charge is 0.327 e. The van der Waals surface area contributed by atoms with Gasteiger partial charge in [-0.15, -0.1) is 0 Å². The van der Waals surface area contributed by atoms with Gasteiger partial charge in [0.2, 0.25) is 0 Å². The van der Waals surface area contributed by atoms with Gasteiger partial charge in [-0.05, 0) is 17.7 Å². The van der Waals surface area contributed by atoms with Gasteiger partial charge in [-0.2, -0.15) is 0 Å². The summed E-state index contributed by atoms with van der Waals surface area (Å²) in [6.45, 7) is 0. The van der Waals surface area contributed by atoms with Gasteiger partial charge in [-0.1, -0.05) is 11.6 Å². The summed E-state index contributed by atoms with van der Waals surface area (Å²) >= 11 is 11.3. The molecule has 0 spiro atoms. The number of hydrogen-bond acceptors (Lipinski definition) is 3. The maximum Gasteiger partial charge on any atom is 0.320 e. The zero-order chi connectivity index (χ0) is 7.61. The molecular formula is C5H6Cl2N2O. The van der Waals surface area contributed by atoms with Crippen molar-refractivity contribution in [1.29, 1.82) is 0 Å². The third kappa shape index (κ3) is 1.62. The summed E-state index contributed by atoms with van der Waals surface area (Å²) in [5.74, 6) is 0. The quantitative estimate of drug-likeness (QED) is 0.487. The van der Waals surface area contributed by atoms with Crippen LogP contribution >= 0.6 is 23.2 Å². The number of ether oxygens (including phenoxy) is 1. The Kier molecular flexibility index (Phi) is 2.18. The van der Waals surface area contributed by atoms with E-state index in [0.717, 1.165) is 0 Å². The number of nitrogens with zero attached hydrogens (tertiary/aromatic N) is 1. The van der Waals surface area contributed by atoms with E-state index >= 15 is 0 Å². The molecule has 1 aliphatic rings. The fraction of sp³-hybridized carbons (Fsp3) is 0.400. The van der Waals surface area contributed by atoms with Crippen LogP contribution in [0.5, 0.6) is 0 Å². The summed E-state index contributed by atoms with van der Waals surface area (Å²) in [6.07, 6.45) is 3.07. The highest BCUT2D eigenvalue weighted by molar-refractivity contribution is 6.32. The first-order chi connectivity index (χ1) is 4.66. The van der Waals surface area contributed by atoms with Gasteiger partial charge < -0.3 is 10.1 Å². The van der Waals surface area contributed by atoms with E-state index in [4.69, 9.17) is 27.9 Å². The van der Waals surface area contributed by atoms with Crippen molar-refractivity contribution in [2.75, 3.05) is 7.11 Å². The minimum Gasteiger partial charge on any atom is -0.327 e. The molecule has 0 aromatic rings. The van der Waals surface area contributed by atoms with Crippen LogP contribution in [-0.2, 0) is 4.74 Å². The molecule has 3 nitrogen and oxygen atoms in total. The molecule has 1 rings (SSSR count). The molecule has 10 heavy (non-hydrogen) atoms. The zero-order valence-electron chi connectivity index (χ0n) is 5.27. The zero-order valence-corrected chi connectivity index (χ0v) is 6.78. The van der Waals surface area contributed by atoms with Crippen molar-refractivity contribution in [3.63, 3.8) is 0 Å². The second-order valence-electron chi connectivity index (χ2n) is 1.68. The van der Waals surface area contributed by atoms with Gasteiger partial charge in [-0.3, -0.25) is 0 Å². The number of methoxy groups -OCH3 is 1. The molecule has 1 heterocycles. The van der Waals surface area contributed by atoms with Crippen molar-refractivity contribution >= 4 is 29.4 Å². The lowest BCUT2D eigenvalue weighted by Crippen LogP contribution is -2.39. The molecule has 1 N–H and O–H groups in total. The molecule has 5 heteroatoms. The molecule has 0 saturated carbocycles. The second-order valence-corrected chi connectivity index (χ2v) is 2.60. The molecule has 1 aliphatic heterocycles. The van der Waals surface area contributed by atoms with Crippen LogP contribution in [0.3, 0.4) is 0 Å². The molecule has 1 atom stereocenters. The summed E-state index contributed by atoms with van der Waals surface area (Å²) in [6, 6.07) is 0.